The van der Waals surface area contributed by atoms with Crippen LogP contribution in [0.1, 0.15) is 62.1 Å². The maximum absolute atomic E-state index is 15.2. The lowest BCUT2D eigenvalue weighted by Crippen LogP contribution is -2.31. The minimum absolute atomic E-state index is 0.0224. The maximum Gasteiger partial charge on any atom is 0.354 e. The van der Waals surface area contributed by atoms with E-state index >= 15 is 4.39 Å². The molecule has 11 nitrogen and oxygen atoms in total. The number of rotatable bonds is 12. The van der Waals surface area contributed by atoms with Gasteiger partial charge in [0.2, 0.25) is 0 Å². The Kier molecular flexibility index (Phi) is 10.2. The van der Waals surface area contributed by atoms with Crippen LogP contribution in [0.25, 0.3) is 28.0 Å². The summed E-state index contributed by atoms with van der Waals surface area (Å²) in [5.41, 5.74) is 20.3. The average Bonchev–Trinajstić information content (AvgIpc) is 3.71. The van der Waals surface area contributed by atoms with Gasteiger partial charge >= 0.3 is 5.69 Å². The van der Waals surface area contributed by atoms with Crippen LogP contribution in [0.4, 0.5) is 4.39 Å². The molecule has 1 fully saturated rings. The maximum atomic E-state index is 15.2. The SMILES string of the molecule is C[C@H](N)CCCc1cc(Cl)c(F)c(-c2cc3cn(-c4ccc([C@@H]5C[C@@H](CCN=C(N)N)CC(Cc6ncc[nH]6)O5)cc4)c(=O)nc3[nH]2)c1. The average molecular weight is 674 g/mol. The Balaban J connectivity index is 1.22. The molecule has 4 atom stereocenters. The van der Waals surface area contributed by atoms with Gasteiger partial charge in [-0.15, -0.1) is 0 Å². The van der Waals surface area contributed by atoms with E-state index in [-0.39, 0.29) is 29.2 Å². The van der Waals surface area contributed by atoms with Crippen LogP contribution in [0.3, 0.4) is 0 Å². The quantitative estimate of drug-likeness (QED) is 0.0879. The van der Waals surface area contributed by atoms with E-state index in [2.05, 4.69) is 24.9 Å². The summed E-state index contributed by atoms with van der Waals surface area (Å²) in [4.78, 5) is 32.3. The van der Waals surface area contributed by atoms with Crippen LogP contribution in [0.2, 0.25) is 5.02 Å². The summed E-state index contributed by atoms with van der Waals surface area (Å²) in [5.74, 6) is 0.804. The Morgan fingerprint density at radius 1 is 1.21 bits per heavy atom. The topological polar surface area (TPSA) is 179 Å². The van der Waals surface area contributed by atoms with Crippen molar-refractivity contribution in [3.05, 3.63) is 99.3 Å². The van der Waals surface area contributed by atoms with Gasteiger partial charge in [-0.05, 0) is 92.8 Å². The first-order valence-electron chi connectivity index (χ1n) is 16.3. The lowest BCUT2D eigenvalue weighted by molar-refractivity contribution is -0.0738. The molecule has 48 heavy (non-hydrogen) atoms. The summed E-state index contributed by atoms with van der Waals surface area (Å²) in [5, 5.41) is 0.704. The zero-order valence-electron chi connectivity index (χ0n) is 26.8. The lowest BCUT2D eigenvalue weighted by atomic mass is 9.85. The third-order valence-electron chi connectivity index (χ3n) is 8.86. The predicted octanol–water partition coefficient (Wildman–Crippen LogP) is 5.31. The van der Waals surface area contributed by atoms with Crippen LogP contribution in [0.5, 0.6) is 0 Å². The van der Waals surface area contributed by atoms with Crippen molar-refractivity contribution >= 4 is 28.6 Å². The Morgan fingerprint density at radius 2 is 2.02 bits per heavy atom. The molecule has 8 N–H and O–H groups in total. The van der Waals surface area contributed by atoms with Crippen LogP contribution in [-0.2, 0) is 17.6 Å². The molecular formula is C35H41ClFN9O2. The number of aliphatic imine (C=N–C) groups is 1. The Hall–Kier alpha value is -4.52. The molecule has 0 spiro atoms. The van der Waals surface area contributed by atoms with Crippen molar-refractivity contribution < 1.29 is 9.13 Å². The van der Waals surface area contributed by atoms with Gasteiger partial charge in [0.15, 0.2) is 11.8 Å². The number of halogens is 2. The van der Waals surface area contributed by atoms with E-state index in [0.717, 1.165) is 55.5 Å². The minimum Gasteiger partial charge on any atom is -0.370 e. The molecule has 13 heteroatoms. The summed E-state index contributed by atoms with van der Waals surface area (Å²) in [6, 6.07) is 13.1. The van der Waals surface area contributed by atoms with Gasteiger partial charge < -0.3 is 31.9 Å². The number of aryl methyl sites for hydroxylation is 1. The van der Waals surface area contributed by atoms with Crippen LogP contribution >= 0.6 is 11.6 Å². The van der Waals surface area contributed by atoms with Crippen LogP contribution in [-0.4, -0.2) is 49.2 Å². The molecule has 0 radical (unpaired) electrons. The van der Waals surface area contributed by atoms with Crippen LogP contribution < -0.4 is 22.9 Å². The summed E-state index contributed by atoms with van der Waals surface area (Å²) >= 11 is 6.28. The Morgan fingerprint density at radius 3 is 2.75 bits per heavy atom. The first-order valence-corrected chi connectivity index (χ1v) is 16.7. The highest BCUT2D eigenvalue weighted by Crippen LogP contribution is 2.38. The van der Waals surface area contributed by atoms with Crippen molar-refractivity contribution in [2.75, 3.05) is 6.54 Å². The summed E-state index contributed by atoms with van der Waals surface area (Å²) in [6.45, 7) is 2.52. The number of benzene rings is 2. The number of aromatic nitrogens is 5. The Labute approximate surface area is 282 Å². The predicted molar refractivity (Wildman–Crippen MR) is 187 cm³/mol. The molecule has 0 aliphatic carbocycles. The number of fused-ring (bicyclic) bond motifs is 1. The second-order valence-electron chi connectivity index (χ2n) is 12.7. The van der Waals surface area contributed by atoms with E-state index in [1.807, 2.05) is 37.4 Å². The molecule has 1 unspecified atom stereocenters. The number of aromatic amines is 2. The molecule has 3 aromatic heterocycles. The van der Waals surface area contributed by atoms with E-state index in [4.69, 9.17) is 33.5 Å². The molecule has 1 aliphatic heterocycles. The van der Waals surface area contributed by atoms with Gasteiger partial charge in [-0.2, -0.15) is 4.98 Å². The molecule has 0 amide bonds. The van der Waals surface area contributed by atoms with Crippen molar-refractivity contribution in [3.63, 3.8) is 0 Å². The number of H-pyrrole nitrogens is 2. The number of nitrogens with two attached hydrogens (primary N) is 3. The lowest BCUT2D eigenvalue weighted by Gasteiger charge is -2.35. The number of guanidine groups is 1. The third kappa shape index (κ3) is 7.95. The zero-order valence-corrected chi connectivity index (χ0v) is 27.6. The fourth-order valence-electron chi connectivity index (χ4n) is 6.49. The highest BCUT2D eigenvalue weighted by molar-refractivity contribution is 6.31. The second kappa shape index (κ2) is 14.7. The zero-order chi connectivity index (χ0) is 33.8. The van der Waals surface area contributed by atoms with Gasteiger partial charge in [-0.1, -0.05) is 23.7 Å². The summed E-state index contributed by atoms with van der Waals surface area (Å²) in [6.07, 6.45) is 10.8. The summed E-state index contributed by atoms with van der Waals surface area (Å²) in [7, 11) is 0. The van der Waals surface area contributed by atoms with Crippen molar-refractivity contribution in [2.24, 2.45) is 28.1 Å². The van der Waals surface area contributed by atoms with E-state index in [1.54, 1.807) is 30.6 Å². The normalized spacial score (nSPS) is 18.6. The van der Waals surface area contributed by atoms with Crippen LogP contribution in [0.15, 0.2) is 70.8 Å². The smallest absolute Gasteiger partial charge is 0.354 e. The van der Waals surface area contributed by atoms with E-state index in [0.29, 0.717) is 46.9 Å². The van der Waals surface area contributed by atoms with Gasteiger partial charge in [-0.25, -0.2) is 14.2 Å². The molecule has 1 aliphatic rings. The molecule has 252 valence electrons. The highest BCUT2D eigenvalue weighted by Gasteiger charge is 2.31. The number of nitrogens with one attached hydrogen (secondary N) is 2. The fourth-order valence-corrected chi connectivity index (χ4v) is 6.73. The number of hydrogen-bond acceptors (Lipinski definition) is 6. The van der Waals surface area contributed by atoms with Crippen LogP contribution in [0, 0.1) is 11.7 Å². The van der Waals surface area contributed by atoms with Gasteiger partial charge in [0.1, 0.15) is 11.5 Å². The van der Waals surface area contributed by atoms with Crippen molar-refractivity contribution in [1.82, 2.24) is 24.5 Å². The standard InChI is InChI=1S/C35H41ClFN9O2/c1-20(38)3-2-4-21-14-27(32(37)28(36)15-21)29-17-24-19-46(35(47)45-33(24)44-29)25-7-5-23(6-8-25)30-16-22(9-10-43-34(39)40)13-26(48-30)18-31-41-11-12-42-31/h5-8,11-12,14-15,17,19-20,22,26,30H,2-4,9-10,13,16,18,38H2,1H3,(H,41,42)(H4,39,40,43)(H,44,45,47)/t20-,22-,26?,30-/m0/s1. The van der Waals surface area contributed by atoms with Crippen molar-refractivity contribution in [1.29, 1.82) is 0 Å². The van der Waals surface area contributed by atoms with E-state index < -0.39 is 11.5 Å². The first-order chi connectivity index (χ1) is 23.1. The molecular weight excluding hydrogens is 633 g/mol. The first kappa shape index (κ1) is 33.4. The van der Waals surface area contributed by atoms with Crippen molar-refractivity contribution in [2.45, 2.75) is 70.1 Å². The van der Waals surface area contributed by atoms with Crippen molar-refractivity contribution in [3.8, 4) is 16.9 Å². The number of hydrogen-bond donors (Lipinski definition) is 5. The molecule has 2 aromatic carbocycles. The third-order valence-corrected chi connectivity index (χ3v) is 9.14. The van der Waals surface area contributed by atoms with Gasteiger partial charge in [0, 0.05) is 48.5 Å². The van der Waals surface area contributed by atoms with Gasteiger partial charge in [-0.3, -0.25) is 9.56 Å². The second-order valence-corrected chi connectivity index (χ2v) is 13.1. The minimum atomic E-state index is -0.528. The number of ether oxygens (including phenoxy) is 1. The molecule has 6 rings (SSSR count). The molecule has 5 aromatic rings. The molecule has 1 saturated heterocycles. The van der Waals surface area contributed by atoms with Gasteiger partial charge in [0.05, 0.1) is 28.6 Å². The summed E-state index contributed by atoms with van der Waals surface area (Å²) < 4.78 is 23.2. The molecule has 0 bridgehead atoms. The van der Waals surface area contributed by atoms with Gasteiger partial charge in [0.25, 0.3) is 0 Å². The monoisotopic (exact) mass is 673 g/mol. The Bertz CT molecular complexity index is 1930. The van der Waals surface area contributed by atoms with E-state index in [1.165, 1.54) is 4.57 Å². The largest absolute Gasteiger partial charge is 0.370 e. The highest BCUT2D eigenvalue weighted by atomic mass is 35.5. The number of nitrogens with zero attached hydrogens (tertiary/aromatic N) is 4. The molecule has 4 heterocycles. The fraction of sp³-hybridized carbons (Fsp3) is 0.371. The van der Waals surface area contributed by atoms with E-state index in [9.17, 15) is 4.79 Å². The molecule has 0 saturated carbocycles. The number of imidazole rings is 1.